The molecule has 2 aromatic carbocycles. The molecule has 6 nitrogen and oxygen atoms in total. The Labute approximate surface area is 164 Å². The van der Waals surface area contributed by atoms with Crippen molar-refractivity contribution >= 4 is 12.0 Å². The molecule has 6 heteroatoms. The molecule has 2 heterocycles. The van der Waals surface area contributed by atoms with Gasteiger partial charge in [0.25, 0.3) is 5.91 Å². The zero-order valence-electron chi connectivity index (χ0n) is 15.7. The van der Waals surface area contributed by atoms with Gasteiger partial charge in [0.05, 0.1) is 5.69 Å². The largest absolute Gasteiger partial charge is 0.336 e. The number of carbonyl (C=O) groups is 1. The number of hydrogen-bond acceptors (Lipinski definition) is 4. The van der Waals surface area contributed by atoms with Gasteiger partial charge in [-0.2, -0.15) is 5.10 Å². The molecule has 0 bridgehead atoms. The Bertz CT molecular complexity index is 911. The highest BCUT2D eigenvalue weighted by atomic mass is 16.2. The zero-order valence-corrected chi connectivity index (χ0v) is 15.7. The molecular formula is C22H23N5O. The summed E-state index contributed by atoms with van der Waals surface area (Å²) < 4.78 is 1.68. The van der Waals surface area contributed by atoms with Crippen molar-refractivity contribution in [2.75, 3.05) is 32.7 Å². The lowest BCUT2D eigenvalue weighted by atomic mass is 10.1. The molecule has 0 spiro atoms. The third-order valence-electron chi connectivity index (χ3n) is 4.93. The molecule has 1 amide bonds. The van der Waals surface area contributed by atoms with Gasteiger partial charge in [0, 0.05) is 38.3 Å². The average Bonchev–Trinajstić information content (AvgIpc) is 3.30. The Hall–Kier alpha value is -3.25. The third-order valence-corrected chi connectivity index (χ3v) is 4.93. The van der Waals surface area contributed by atoms with Crippen LogP contribution in [0.15, 0.2) is 73.3 Å². The Morgan fingerprint density at radius 2 is 1.71 bits per heavy atom. The van der Waals surface area contributed by atoms with Crippen LogP contribution in [0.4, 0.5) is 0 Å². The molecule has 0 N–H and O–H groups in total. The Kier molecular flexibility index (Phi) is 5.58. The molecule has 1 aromatic heterocycles. The van der Waals surface area contributed by atoms with Crippen LogP contribution in [0.2, 0.25) is 0 Å². The maximum atomic E-state index is 12.8. The summed E-state index contributed by atoms with van der Waals surface area (Å²) in [5.41, 5.74) is 2.82. The molecule has 1 saturated heterocycles. The first kappa shape index (κ1) is 18.1. The molecule has 1 fully saturated rings. The second-order valence-corrected chi connectivity index (χ2v) is 6.79. The van der Waals surface area contributed by atoms with Crippen molar-refractivity contribution in [2.45, 2.75) is 0 Å². The normalized spacial score (nSPS) is 15.2. The molecule has 4 rings (SSSR count). The van der Waals surface area contributed by atoms with E-state index in [2.05, 4.69) is 39.3 Å². The first-order chi connectivity index (χ1) is 13.8. The molecule has 1 aliphatic heterocycles. The van der Waals surface area contributed by atoms with Crippen molar-refractivity contribution < 1.29 is 4.79 Å². The fourth-order valence-electron chi connectivity index (χ4n) is 3.32. The molecule has 0 unspecified atom stereocenters. The van der Waals surface area contributed by atoms with E-state index in [-0.39, 0.29) is 5.91 Å². The summed E-state index contributed by atoms with van der Waals surface area (Å²) in [5.74, 6) is 0.0876. The average molecular weight is 373 g/mol. The van der Waals surface area contributed by atoms with Gasteiger partial charge in [0.1, 0.15) is 12.7 Å². The summed E-state index contributed by atoms with van der Waals surface area (Å²) in [6, 6.07) is 17.8. The lowest BCUT2D eigenvalue weighted by Gasteiger charge is -2.34. The van der Waals surface area contributed by atoms with Gasteiger partial charge >= 0.3 is 0 Å². The first-order valence-electron chi connectivity index (χ1n) is 9.48. The summed E-state index contributed by atoms with van der Waals surface area (Å²) in [4.78, 5) is 21.0. The zero-order chi connectivity index (χ0) is 19.2. The maximum absolute atomic E-state index is 12.8. The van der Waals surface area contributed by atoms with Gasteiger partial charge in [0.15, 0.2) is 0 Å². The minimum atomic E-state index is 0.0876. The molecule has 1 aliphatic rings. The second-order valence-electron chi connectivity index (χ2n) is 6.79. The number of carbonyl (C=O) groups excluding carboxylic acids is 1. The summed E-state index contributed by atoms with van der Waals surface area (Å²) in [5, 5.41) is 4.10. The van der Waals surface area contributed by atoms with Crippen LogP contribution in [0.25, 0.3) is 11.8 Å². The summed E-state index contributed by atoms with van der Waals surface area (Å²) in [6.45, 7) is 4.19. The van der Waals surface area contributed by atoms with E-state index in [1.807, 2.05) is 47.4 Å². The van der Waals surface area contributed by atoms with Crippen molar-refractivity contribution in [1.82, 2.24) is 24.6 Å². The molecule has 0 radical (unpaired) electrons. The predicted molar refractivity (Wildman–Crippen MR) is 109 cm³/mol. The number of amides is 1. The van der Waals surface area contributed by atoms with Gasteiger partial charge < -0.3 is 4.90 Å². The van der Waals surface area contributed by atoms with E-state index in [0.29, 0.717) is 5.56 Å². The lowest BCUT2D eigenvalue weighted by molar-refractivity contribution is 0.0650. The van der Waals surface area contributed by atoms with Crippen LogP contribution in [-0.4, -0.2) is 63.2 Å². The SMILES string of the molecule is O=C(c1ccc(-n2cncn2)cc1)N1CCN(CC=Cc2ccccc2)CC1. The van der Waals surface area contributed by atoms with E-state index in [9.17, 15) is 4.79 Å². The van der Waals surface area contributed by atoms with Gasteiger partial charge in [-0.05, 0) is 29.8 Å². The number of nitrogens with zero attached hydrogens (tertiary/aromatic N) is 5. The molecular weight excluding hydrogens is 350 g/mol. The van der Waals surface area contributed by atoms with Crippen LogP contribution < -0.4 is 0 Å². The number of hydrogen-bond donors (Lipinski definition) is 0. The highest BCUT2D eigenvalue weighted by Gasteiger charge is 2.21. The molecule has 142 valence electrons. The van der Waals surface area contributed by atoms with Gasteiger partial charge in [-0.15, -0.1) is 0 Å². The van der Waals surface area contributed by atoms with Crippen molar-refractivity contribution in [3.63, 3.8) is 0 Å². The first-order valence-corrected chi connectivity index (χ1v) is 9.48. The van der Waals surface area contributed by atoms with Crippen LogP contribution in [0.3, 0.4) is 0 Å². The summed E-state index contributed by atoms with van der Waals surface area (Å²) in [6.07, 6.45) is 7.47. The summed E-state index contributed by atoms with van der Waals surface area (Å²) in [7, 11) is 0. The Morgan fingerprint density at radius 1 is 0.964 bits per heavy atom. The third kappa shape index (κ3) is 4.35. The van der Waals surface area contributed by atoms with Crippen molar-refractivity contribution in [1.29, 1.82) is 0 Å². The van der Waals surface area contributed by atoms with E-state index >= 15 is 0 Å². The number of piperazine rings is 1. The molecule has 0 atom stereocenters. The number of benzene rings is 2. The number of aromatic nitrogens is 3. The topological polar surface area (TPSA) is 54.3 Å². The van der Waals surface area contributed by atoms with Gasteiger partial charge in [-0.3, -0.25) is 9.69 Å². The van der Waals surface area contributed by atoms with E-state index in [1.54, 1.807) is 11.0 Å². The molecule has 3 aromatic rings. The second kappa shape index (κ2) is 8.63. The molecule has 0 aliphatic carbocycles. The quantitative estimate of drug-likeness (QED) is 0.690. The fourth-order valence-corrected chi connectivity index (χ4v) is 3.32. The minimum absolute atomic E-state index is 0.0876. The van der Waals surface area contributed by atoms with Crippen LogP contribution in [0.1, 0.15) is 15.9 Å². The Balaban J connectivity index is 1.28. The smallest absolute Gasteiger partial charge is 0.253 e. The highest BCUT2D eigenvalue weighted by Crippen LogP contribution is 2.12. The van der Waals surface area contributed by atoms with Gasteiger partial charge in [-0.25, -0.2) is 9.67 Å². The van der Waals surface area contributed by atoms with E-state index in [0.717, 1.165) is 38.4 Å². The minimum Gasteiger partial charge on any atom is -0.336 e. The number of rotatable bonds is 5. The van der Waals surface area contributed by atoms with E-state index in [4.69, 9.17) is 0 Å². The van der Waals surface area contributed by atoms with E-state index < -0.39 is 0 Å². The van der Waals surface area contributed by atoms with Crippen molar-refractivity contribution in [2.24, 2.45) is 0 Å². The van der Waals surface area contributed by atoms with Gasteiger partial charge in [0.2, 0.25) is 0 Å². The monoisotopic (exact) mass is 373 g/mol. The molecule has 0 saturated carbocycles. The molecule has 28 heavy (non-hydrogen) atoms. The van der Waals surface area contributed by atoms with Crippen molar-refractivity contribution in [3.05, 3.63) is 84.5 Å². The maximum Gasteiger partial charge on any atom is 0.253 e. The van der Waals surface area contributed by atoms with E-state index in [1.165, 1.54) is 11.9 Å². The van der Waals surface area contributed by atoms with Crippen LogP contribution in [-0.2, 0) is 0 Å². The lowest BCUT2D eigenvalue weighted by Crippen LogP contribution is -2.48. The van der Waals surface area contributed by atoms with Crippen LogP contribution in [0.5, 0.6) is 0 Å². The van der Waals surface area contributed by atoms with Gasteiger partial charge in [-0.1, -0.05) is 42.5 Å². The Morgan fingerprint density at radius 3 is 2.39 bits per heavy atom. The predicted octanol–water partition coefficient (Wildman–Crippen LogP) is 2.74. The summed E-state index contributed by atoms with van der Waals surface area (Å²) >= 11 is 0. The van der Waals surface area contributed by atoms with Crippen molar-refractivity contribution in [3.8, 4) is 5.69 Å². The fraction of sp³-hybridized carbons (Fsp3) is 0.227. The van der Waals surface area contributed by atoms with Crippen LogP contribution >= 0.6 is 0 Å². The highest BCUT2D eigenvalue weighted by molar-refractivity contribution is 5.94. The standard InChI is InChI=1S/C22H23N5O/c28-22(20-8-10-21(11-9-20)27-18-23-17-24-27)26-15-13-25(14-16-26)12-4-7-19-5-2-1-3-6-19/h1-11,17-18H,12-16H2. The van der Waals surface area contributed by atoms with Crippen LogP contribution in [0, 0.1) is 0 Å².